The van der Waals surface area contributed by atoms with Gasteiger partial charge in [0.1, 0.15) is 11.4 Å². The van der Waals surface area contributed by atoms with Crippen molar-refractivity contribution in [3.8, 4) is 34.3 Å². The first-order valence-corrected chi connectivity index (χ1v) is 11.4. The van der Waals surface area contributed by atoms with Gasteiger partial charge in [-0.05, 0) is 24.3 Å². The van der Waals surface area contributed by atoms with Crippen molar-refractivity contribution < 1.29 is 57.0 Å². The summed E-state index contributed by atoms with van der Waals surface area (Å²) in [4.78, 5) is 21.0. The summed E-state index contributed by atoms with van der Waals surface area (Å²) in [7, 11) is 5.88. The van der Waals surface area contributed by atoms with Gasteiger partial charge in [-0.2, -0.15) is 0 Å². The maximum absolute atomic E-state index is 4.25. The average Bonchev–Trinajstić information content (AvgIpc) is 3.68. The van der Waals surface area contributed by atoms with Crippen LogP contribution < -0.4 is 37.2 Å². The van der Waals surface area contributed by atoms with Crippen molar-refractivity contribution in [1.82, 2.24) is 38.6 Å². The molecule has 0 saturated heterocycles. The standard InChI is InChI=1S/C10H10N2.2C9H9N3.3ClH.Os/c1-12-7-10(11-8-12)9-5-3-2-4-6-9;2*1-12-7-6-11-9(12)8-4-2-3-5-10-8;;;;/h2-8H,1H3;2*2-7H,1H3;3*1H;/q;;;;;;+4/p-3. The van der Waals surface area contributed by atoms with Gasteiger partial charge in [-0.15, -0.1) is 0 Å². The van der Waals surface area contributed by atoms with E-state index in [9.17, 15) is 0 Å². The fraction of sp³-hybridized carbons (Fsp3) is 0.107. The number of benzene rings is 1. The Morgan fingerprint density at radius 1 is 0.500 bits per heavy atom. The minimum Gasteiger partial charge on any atom is -1.00 e. The van der Waals surface area contributed by atoms with Crippen LogP contribution in [0.25, 0.3) is 34.3 Å². The van der Waals surface area contributed by atoms with E-state index in [1.807, 2.05) is 114 Å². The summed E-state index contributed by atoms with van der Waals surface area (Å²) in [5, 5.41) is 0. The number of hydrogen-bond acceptors (Lipinski definition) is 5. The average molecular weight is 773 g/mol. The molecule has 6 rings (SSSR count). The summed E-state index contributed by atoms with van der Waals surface area (Å²) in [6, 6.07) is 21.8. The zero-order chi connectivity index (χ0) is 25.2. The molecular formula is C28H28Cl3N8Os+. The van der Waals surface area contributed by atoms with E-state index < -0.39 is 0 Å². The Hall–Kier alpha value is -3.34. The number of aromatic nitrogens is 8. The predicted molar refractivity (Wildman–Crippen MR) is 142 cm³/mol. The van der Waals surface area contributed by atoms with E-state index in [2.05, 4.69) is 37.1 Å². The monoisotopic (exact) mass is 773 g/mol. The van der Waals surface area contributed by atoms with Gasteiger partial charge in [0.25, 0.3) is 0 Å². The smallest absolute Gasteiger partial charge is 1.00 e. The molecule has 0 atom stereocenters. The van der Waals surface area contributed by atoms with Gasteiger partial charge in [-0.1, -0.05) is 42.5 Å². The predicted octanol–water partition coefficient (Wildman–Crippen LogP) is -3.94. The Kier molecular flexibility index (Phi) is 17.3. The van der Waals surface area contributed by atoms with Gasteiger partial charge in [0.15, 0.2) is 11.6 Å². The SMILES string of the molecule is Cn1ccnc1-c1ccccn1.Cn1ccnc1-c1ccccn1.Cn1cnc(-c2ccccc2)c1.[Cl-].[Cl-].[Cl-].[Os+4]. The summed E-state index contributed by atoms with van der Waals surface area (Å²) in [5.41, 5.74) is 4.01. The fourth-order valence-corrected chi connectivity index (χ4v) is 3.39. The summed E-state index contributed by atoms with van der Waals surface area (Å²) in [6.45, 7) is 0. The second-order valence-electron chi connectivity index (χ2n) is 7.94. The quantitative estimate of drug-likeness (QED) is 0.184. The molecule has 0 unspecified atom stereocenters. The van der Waals surface area contributed by atoms with Gasteiger partial charge in [-0.25, -0.2) is 15.0 Å². The molecule has 5 aromatic heterocycles. The third kappa shape index (κ3) is 10.3. The van der Waals surface area contributed by atoms with Gasteiger partial charge in [-0.3, -0.25) is 9.97 Å². The molecule has 208 valence electrons. The van der Waals surface area contributed by atoms with E-state index in [1.54, 1.807) is 24.8 Å². The van der Waals surface area contributed by atoms with Crippen LogP contribution in [0.1, 0.15) is 0 Å². The molecule has 6 aromatic rings. The molecule has 0 fully saturated rings. The minimum absolute atomic E-state index is 0. The van der Waals surface area contributed by atoms with Gasteiger partial charge >= 0.3 is 19.8 Å². The summed E-state index contributed by atoms with van der Waals surface area (Å²) < 4.78 is 5.84. The van der Waals surface area contributed by atoms with Crippen LogP contribution in [0.4, 0.5) is 0 Å². The van der Waals surface area contributed by atoms with Crippen LogP contribution in [0.5, 0.6) is 0 Å². The molecular weight excluding hydrogens is 745 g/mol. The Balaban J connectivity index is 0.000000543. The number of aryl methyl sites for hydroxylation is 3. The number of hydrogen-bond donors (Lipinski definition) is 0. The Labute approximate surface area is 266 Å². The molecule has 40 heavy (non-hydrogen) atoms. The minimum atomic E-state index is 0. The van der Waals surface area contributed by atoms with E-state index in [1.165, 1.54) is 0 Å². The Morgan fingerprint density at radius 3 is 1.32 bits per heavy atom. The summed E-state index contributed by atoms with van der Waals surface area (Å²) in [6.07, 6.45) is 14.7. The molecule has 12 heteroatoms. The molecule has 8 nitrogen and oxygen atoms in total. The molecule has 1 aromatic carbocycles. The number of halogens is 3. The van der Waals surface area contributed by atoms with E-state index in [0.29, 0.717) is 0 Å². The second-order valence-corrected chi connectivity index (χ2v) is 7.94. The van der Waals surface area contributed by atoms with Crippen LogP contribution >= 0.6 is 0 Å². The summed E-state index contributed by atoms with van der Waals surface area (Å²) in [5.74, 6) is 1.80. The third-order valence-corrected chi connectivity index (χ3v) is 5.20. The van der Waals surface area contributed by atoms with Crippen molar-refractivity contribution in [2.45, 2.75) is 0 Å². The zero-order valence-electron chi connectivity index (χ0n) is 22.0. The molecule has 0 aliphatic rings. The Morgan fingerprint density at radius 2 is 0.975 bits per heavy atom. The largest absolute Gasteiger partial charge is 4.00 e. The van der Waals surface area contributed by atoms with Crippen molar-refractivity contribution in [2.75, 3.05) is 0 Å². The van der Waals surface area contributed by atoms with Crippen LogP contribution in [-0.2, 0) is 40.9 Å². The normalized spacial score (nSPS) is 9.07. The maximum atomic E-state index is 4.25. The molecule has 0 bridgehead atoms. The van der Waals surface area contributed by atoms with E-state index in [4.69, 9.17) is 0 Å². The van der Waals surface area contributed by atoms with E-state index >= 15 is 0 Å². The molecule has 0 aliphatic carbocycles. The van der Waals surface area contributed by atoms with Gasteiger partial charge < -0.3 is 50.9 Å². The Bertz CT molecular complexity index is 1400. The number of pyridine rings is 2. The van der Waals surface area contributed by atoms with Crippen LogP contribution in [0.2, 0.25) is 0 Å². The van der Waals surface area contributed by atoms with Crippen LogP contribution in [0.15, 0.2) is 116 Å². The van der Waals surface area contributed by atoms with Crippen molar-refractivity contribution >= 4 is 0 Å². The van der Waals surface area contributed by atoms with Crippen molar-refractivity contribution in [1.29, 1.82) is 0 Å². The number of rotatable bonds is 3. The molecule has 0 spiro atoms. The van der Waals surface area contributed by atoms with Crippen molar-refractivity contribution in [3.63, 3.8) is 0 Å². The van der Waals surface area contributed by atoms with Crippen LogP contribution in [-0.4, -0.2) is 38.6 Å². The molecule has 0 radical (unpaired) electrons. The topological polar surface area (TPSA) is 79.2 Å². The molecule has 0 saturated carbocycles. The second kappa shape index (κ2) is 18.9. The van der Waals surface area contributed by atoms with Crippen LogP contribution in [0, 0.1) is 0 Å². The van der Waals surface area contributed by atoms with Gasteiger partial charge in [0.05, 0.1) is 12.0 Å². The van der Waals surface area contributed by atoms with Crippen molar-refractivity contribution in [2.24, 2.45) is 21.1 Å². The summed E-state index contributed by atoms with van der Waals surface area (Å²) >= 11 is 0. The first-order chi connectivity index (χ1) is 17.6. The van der Waals surface area contributed by atoms with Gasteiger partial charge in [0.2, 0.25) is 0 Å². The number of nitrogens with zero attached hydrogens (tertiary/aromatic N) is 8. The molecule has 5 heterocycles. The van der Waals surface area contributed by atoms with Crippen molar-refractivity contribution in [3.05, 3.63) is 116 Å². The molecule has 0 amide bonds. The maximum Gasteiger partial charge on any atom is 4.00 e. The molecule has 0 N–H and O–H groups in total. The third-order valence-electron chi connectivity index (χ3n) is 5.20. The number of imidazole rings is 3. The zero-order valence-corrected chi connectivity index (χ0v) is 26.8. The fourth-order valence-electron chi connectivity index (χ4n) is 3.39. The van der Waals surface area contributed by atoms with E-state index in [-0.39, 0.29) is 57.0 Å². The first kappa shape index (κ1) is 36.7. The van der Waals surface area contributed by atoms with E-state index in [0.717, 1.165) is 34.3 Å². The molecule has 0 aliphatic heterocycles. The first-order valence-electron chi connectivity index (χ1n) is 11.4. The van der Waals surface area contributed by atoms with Crippen LogP contribution in [0.3, 0.4) is 0 Å². The van der Waals surface area contributed by atoms with Gasteiger partial charge in [0, 0.05) is 70.1 Å².